The maximum absolute atomic E-state index is 13.5. The van der Waals surface area contributed by atoms with E-state index < -0.39 is 0 Å². The van der Waals surface area contributed by atoms with Crippen molar-refractivity contribution < 1.29 is 13.9 Å². The Morgan fingerprint density at radius 3 is 2.76 bits per heavy atom. The highest BCUT2D eigenvalue weighted by atomic mass is 19.1. The van der Waals surface area contributed by atoms with Gasteiger partial charge in [0, 0.05) is 50.8 Å². The molecule has 2 heterocycles. The molecule has 33 heavy (non-hydrogen) atoms. The lowest BCUT2D eigenvalue weighted by molar-refractivity contribution is -0.128. The van der Waals surface area contributed by atoms with Crippen LogP contribution in [0.4, 0.5) is 10.2 Å². The number of carbonyl (C=O) groups excluding carboxylic acids is 1. The molecular formula is C27H30FN3O2. The number of nitrogens with zero attached hydrogens (tertiary/aromatic N) is 3. The highest BCUT2D eigenvalue weighted by Gasteiger charge is 2.23. The Kier molecular flexibility index (Phi) is 7.04. The lowest BCUT2D eigenvalue weighted by Crippen LogP contribution is -2.36. The smallest absolute Gasteiger partial charge is 0.246 e. The van der Waals surface area contributed by atoms with Gasteiger partial charge < -0.3 is 14.5 Å². The zero-order chi connectivity index (χ0) is 23.4. The van der Waals surface area contributed by atoms with Crippen molar-refractivity contribution in [3.8, 4) is 0 Å². The molecule has 1 fully saturated rings. The number of amides is 1. The van der Waals surface area contributed by atoms with Crippen LogP contribution in [0, 0.1) is 12.7 Å². The fourth-order valence-electron chi connectivity index (χ4n) is 4.24. The number of pyridine rings is 1. The number of ether oxygens (including phenoxy) is 1. The first-order chi connectivity index (χ1) is 15.9. The number of anilines is 1. The summed E-state index contributed by atoms with van der Waals surface area (Å²) in [6, 6.07) is 14.5. The minimum Gasteiger partial charge on any atom is -0.376 e. The minimum atomic E-state index is -0.325. The molecule has 1 atom stereocenters. The predicted octanol–water partition coefficient (Wildman–Crippen LogP) is 4.97. The van der Waals surface area contributed by atoms with Gasteiger partial charge in [-0.15, -0.1) is 0 Å². The maximum atomic E-state index is 13.5. The third kappa shape index (κ3) is 5.57. The van der Waals surface area contributed by atoms with Gasteiger partial charge in [0.1, 0.15) is 11.6 Å². The van der Waals surface area contributed by atoms with Gasteiger partial charge in [0.15, 0.2) is 0 Å². The molecule has 0 aliphatic carbocycles. The van der Waals surface area contributed by atoms with Crippen molar-refractivity contribution in [2.24, 2.45) is 0 Å². The van der Waals surface area contributed by atoms with E-state index in [1.165, 1.54) is 18.2 Å². The van der Waals surface area contributed by atoms with Gasteiger partial charge in [-0.2, -0.15) is 0 Å². The van der Waals surface area contributed by atoms with Gasteiger partial charge in [-0.05, 0) is 55.2 Å². The molecule has 0 bridgehead atoms. The molecule has 0 N–H and O–H groups in total. The SMILES string of the molecule is Cc1cccc2cc(CN(C[C@@H]3CCCO3)C(=O)/C=C/c3cccc(F)c3)c(N(C)C)nc12. The molecule has 0 unspecified atom stereocenters. The number of aryl methyl sites for hydroxylation is 1. The summed E-state index contributed by atoms with van der Waals surface area (Å²) < 4.78 is 19.3. The van der Waals surface area contributed by atoms with Crippen molar-refractivity contribution >= 4 is 28.7 Å². The molecule has 6 heteroatoms. The Bertz CT molecular complexity index is 1170. The van der Waals surface area contributed by atoms with Gasteiger partial charge in [0.2, 0.25) is 5.91 Å². The van der Waals surface area contributed by atoms with E-state index in [1.807, 2.05) is 31.1 Å². The fourth-order valence-corrected chi connectivity index (χ4v) is 4.24. The quantitative estimate of drug-likeness (QED) is 0.480. The first kappa shape index (κ1) is 22.9. The third-order valence-corrected chi connectivity index (χ3v) is 5.92. The standard InChI is InChI=1S/C27H30FN3O2/c1-19-7-4-9-21-16-22(27(30(2)3)29-26(19)21)17-31(18-24-11-6-14-33-24)25(32)13-12-20-8-5-10-23(28)15-20/h4-5,7-10,12-13,15-16,24H,6,11,14,17-18H2,1-3H3/b13-12+/t24-/m0/s1. The predicted molar refractivity (Wildman–Crippen MR) is 131 cm³/mol. The highest BCUT2D eigenvalue weighted by Crippen LogP contribution is 2.26. The summed E-state index contributed by atoms with van der Waals surface area (Å²) in [5.74, 6) is 0.383. The van der Waals surface area contributed by atoms with Crippen LogP contribution in [-0.4, -0.2) is 49.1 Å². The Hall–Kier alpha value is -3.25. The van der Waals surface area contributed by atoms with Gasteiger partial charge in [0.25, 0.3) is 0 Å². The van der Waals surface area contributed by atoms with E-state index in [0.717, 1.165) is 47.3 Å². The van der Waals surface area contributed by atoms with Crippen molar-refractivity contribution in [2.75, 3.05) is 32.1 Å². The van der Waals surface area contributed by atoms with Crippen LogP contribution in [0.5, 0.6) is 0 Å². The summed E-state index contributed by atoms with van der Waals surface area (Å²) in [6.07, 6.45) is 5.13. The second-order valence-electron chi connectivity index (χ2n) is 8.75. The average Bonchev–Trinajstić information content (AvgIpc) is 3.30. The number of fused-ring (bicyclic) bond motifs is 1. The topological polar surface area (TPSA) is 45.7 Å². The fraction of sp³-hybridized carbons (Fsp3) is 0.333. The summed E-state index contributed by atoms with van der Waals surface area (Å²) >= 11 is 0. The van der Waals surface area contributed by atoms with Crippen molar-refractivity contribution in [1.29, 1.82) is 0 Å². The molecule has 0 saturated carbocycles. The Labute approximate surface area is 194 Å². The summed E-state index contributed by atoms with van der Waals surface area (Å²) in [5.41, 5.74) is 3.71. The third-order valence-electron chi connectivity index (χ3n) is 5.92. The van der Waals surface area contributed by atoms with Crippen LogP contribution in [0.2, 0.25) is 0 Å². The van der Waals surface area contributed by atoms with Gasteiger partial charge in [0.05, 0.1) is 11.6 Å². The number of rotatable bonds is 7. The van der Waals surface area contributed by atoms with Crippen LogP contribution in [0.3, 0.4) is 0 Å². The normalized spacial score (nSPS) is 15.9. The molecule has 5 nitrogen and oxygen atoms in total. The molecule has 0 radical (unpaired) electrons. The van der Waals surface area contributed by atoms with Crippen molar-refractivity contribution in [1.82, 2.24) is 9.88 Å². The zero-order valence-corrected chi connectivity index (χ0v) is 19.4. The van der Waals surface area contributed by atoms with Gasteiger partial charge in [-0.1, -0.05) is 30.3 Å². The molecule has 1 amide bonds. The molecule has 4 rings (SSSR count). The van der Waals surface area contributed by atoms with Crippen LogP contribution < -0.4 is 4.90 Å². The van der Waals surface area contributed by atoms with Crippen LogP contribution in [0.15, 0.2) is 54.6 Å². The van der Waals surface area contributed by atoms with E-state index in [4.69, 9.17) is 9.72 Å². The van der Waals surface area contributed by atoms with Gasteiger partial charge in [-0.3, -0.25) is 4.79 Å². The second kappa shape index (κ2) is 10.1. The van der Waals surface area contributed by atoms with Gasteiger partial charge in [-0.25, -0.2) is 9.37 Å². The van der Waals surface area contributed by atoms with E-state index in [1.54, 1.807) is 23.1 Å². The summed E-state index contributed by atoms with van der Waals surface area (Å²) in [5, 5.41) is 1.05. The number of carbonyl (C=O) groups is 1. The van der Waals surface area contributed by atoms with E-state index >= 15 is 0 Å². The Morgan fingerprint density at radius 1 is 1.21 bits per heavy atom. The molecule has 1 aromatic heterocycles. The minimum absolute atomic E-state index is 0.0231. The highest BCUT2D eigenvalue weighted by molar-refractivity contribution is 5.92. The van der Waals surface area contributed by atoms with E-state index in [0.29, 0.717) is 18.7 Å². The first-order valence-corrected chi connectivity index (χ1v) is 11.3. The van der Waals surface area contributed by atoms with Gasteiger partial charge >= 0.3 is 0 Å². The molecule has 1 aliphatic rings. The summed E-state index contributed by atoms with van der Waals surface area (Å²) in [4.78, 5) is 22.0. The summed E-state index contributed by atoms with van der Waals surface area (Å²) in [6.45, 7) is 3.70. The molecule has 0 spiro atoms. The first-order valence-electron chi connectivity index (χ1n) is 11.3. The number of hydrogen-bond acceptors (Lipinski definition) is 4. The van der Waals surface area contributed by atoms with E-state index in [2.05, 4.69) is 19.1 Å². The van der Waals surface area contributed by atoms with E-state index in [9.17, 15) is 9.18 Å². The maximum Gasteiger partial charge on any atom is 0.246 e. The zero-order valence-electron chi connectivity index (χ0n) is 19.4. The lowest BCUT2D eigenvalue weighted by Gasteiger charge is -2.27. The number of aromatic nitrogens is 1. The number of halogens is 1. The molecule has 2 aromatic carbocycles. The van der Waals surface area contributed by atoms with Crippen LogP contribution in [0.1, 0.15) is 29.5 Å². The molecule has 172 valence electrons. The Morgan fingerprint density at radius 2 is 2.03 bits per heavy atom. The number of para-hydroxylation sites is 1. The Balaban J connectivity index is 1.65. The van der Waals surface area contributed by atoms with Crippen LogP contribution in [-0.2, 0) is 16.1 Å². The number of benzene rings is 2. The van der Waals surface area contributed by atoms with Crippen molar-refractivity contribution in [3.63, 3.8) is 0 Å². The monoisotopic (exact) mass is 447 g/mol. The van der Waals surface area contributed by atoms with Crippen molar-refractivity contribution in [2.45, 2.75) is 32.4 Å². The molecule has 1 saturated heterocycles. The summed E-state index contributed by atoms with van der Waals surface area (Å²) in [7, 11) is 3.93. The van der Waals surface area contributed by atoms with Crippen LogP contribution >= 0.6 is 0 Å². The molecule has 3 aromatic rings. The molecule has 1 aliphatic heterocycles. The average molecular weight is 448 g/mol. The van der Waals surface area contributed by atoms with E-state index in [-0.39, 0.29) is 17.8 Å². The van der Waals surface area contributed by atoms with Crippen molar-refractivity contribution in [3.05, 3.63) is 77.1 Å². The number of hydrogen-bond donors (Lipinski definition) is 0. The van der Waals surface area contributed by atoms with Crippen LogP contribution in [0.25, 0.3) is 17.0 Å². The lowest BCUT2D eigenvalue weighted by atomic mass is 10.1. The largest absolute Gasteiger partial charge is 0.376 e. The molecular weight excluding hydrogens is 417 g/mol. The second-order valence-corrected chi connectivity index (χ2v) is 8.75.